The molecule has 1 amide bonds. The fourth-order valence-electron chi connectivity index (χ4n) is 4.30. The lowest BCUT2D eigenvalue weighted by Crippen LogP contribution is -2.58. The fraction of sp³-hybridized carbons (Fsp3) is 0.478. The normalized spacial score (nSPS) is 23.6. The SMILES string of the molecule is COc1c(Nc2ccc(C#N)cc2Cl)ncnc1OC1C2COCC1CN(C(=O)OC1CC1)C2. The number of benzene rings is 1. The van der Waals surface area contributed by atoms with Gasteiger partial charge in [0.15, 0.2) is 5.82 Å². The average molecular weight is 486 g/mol. The Morgan fingerprint density at radius 1 is 1.26 bits per heavy atom. The summed E-state index contributed by atoms with van der Waals surface area (Å²) in [6.07, 6.45) is 2.87. The van der Waals surface area contributed by atoms with Crippen molar-refractivity contribution in [2.24, 2.45) is 11.8 Å². The number of carbonyl (C=O) groups excluding carboxylic acids is 1. The zero-order valence-corrected chi connectivity index (χ0v) is 19.3. The van der Waals surface area contributed by atoms with Crippen molar-refractivity contribution in [3.63, 3.8) is 0 Å². The maximum Gasteiger partial charge on any atom is 0.410 e. The maximum absolute atomic E-state index is 12.5. The van der Waals surface area contributed by atoms with Gasteiger partial charge in [0.1, 0.15) is 18.5 Å². The van der Waals surface area contributed by atoms with Crippen molar-refractivity contribution >= 4 is 29.2 Å². The number of likely N-dealkylation sites (tertiary alicyclic amines) is 1. The molecule has 5 rings (SSSR count). The molecule has 11 heteroatoms. The first kappa shape index (κ1) is 22.5. The highest BCUT2D eigenvalue weighted by Crippen LogP contribution is 2.39. The van der Waals surface area contributed by atoms with Gasteiger partial charge in [0.05, 0.1) is 42.7 Å². The number of hydrogen-bond donors (Lipinski definition) is 1. The van der Waals surface area contributed by atoms with Crippen LogP contribution in [0.5, 0.6) is 11.6 Å². The molecule has 1 aromatic heterocycles. The Kier molecular flexibility index (Phi) is 6.30. The lowest BCUT2D eigenvalue weighted by Gasteiger charge is -2.45. The number of fused-ring (bicyclic) bond motifs is 2. The molecule has 1 saturated carbocycles. The maximum atomic E-state index is 12.5. The molecule has 10 nitrogen and oxygen atoms in total. The van der Waals surface area contributed by atoms with E-state index in [1.54, 1.807) is 23.1 Å². The molecule has 3 aliphatic rings. The lowest BCUT2D eigenvalue weighted by atomic mass is 9.84. The van der Waals surface area contributed by atoms with E-state index in [1.165, 1.54) is 13.4 Å². The van der Waals surface area contributed by atoms with Crippen LogP contribution in [-0.4, -0.2) is 66.6 Å². The molecule has 1 aliphatic carbocycles. The number of methoxy groups -OCH3 is 1. The second-order valence-corrected chi connectivity index (χ2v) is 9.03. The van der Waals surface area contributed by atoms with Crippen LogP contribution in [0.3, 0.4) is 0 Å². The van der Waals surface area contributed by atoms with E-state index in [0.29, 0.717) is 60.0 Å². The van der Waals surface area contributed by atoms with E-state index in [2.05, 4.69) is 21.4 Å². The highest BCUT2D eigenvalue weighted by Gasteiger charge is 2.45. The van der Waals surface area contributed by atoms with Crippen molar-refractivity contribution < 1.29 is 23.7 Å². The van der Waals surface area contributed by atoms with Gasteiger partial charge >= 0.3 is 6.09 Å². The number of carbonyl (C=O) groups is 1. The number of halogens is 1. The molecule has 178 valence electrons. The summed E-state index contributed by atoms with van der Waals surface area (Å²) >= 11 is 6.30. The highest BCUT2D eigenvalue weighted by atomic mass is 35.5. The predicted molar refractivity (Wildman–Crippen MR) is 121 cm³/mol. The summed E-state index contributed by atoms with van der Waals surface area (Å²) in [5.74, 6) is 0.954. The Morgan fingerprint density at radius 3 is 2.68 bits per heavy atom. The van der Waals surface area contributed by atoms with Crippen molar-refractivity contribution in [1.82, 2.24) is 14.9 Å². The molecule has 0 radical (unpaired) electrons. The van der Waals surface area contributed by atoms with Crippen LogP contribution in [0, 0.1) is 23.2 Å². The van der Waals surface area contributed by atoms with Gasteiger partial charge in [-0.05, 0) is 31.0 Å². The summed E-state index contributed by atoms with van der Waals surface area (Å²) in [6.45, 7) is 1.94. The summed E-state index contributed by atoms with van der Waals surface area (Å²) in [5, 5.41) is 12.5. The van der Waals surface area contributed by atoms with E-state index in [0.717, 1.165) is 12.8 Å². The number of aromatic nitrogens is 2. The standard InChI is InChI=1S/C23H24ClN5O5/c1-31-20-21(28-18-5-2-13(7-25)6-17(18)24)26-12-27-22(20)34-19-14-8-29(9-15(19)11-32-10-14)23(30)33-16-3-4-16/h2,5-6,12,14-16,19H,3-4,8-11H2,1H3,(H,26,27,28). The first-order chi connectivity index (χ1) is 16.6. The summed E-state index contributed by atoms with van der Waals surface area (Å²) in [4.78, 5) is 22.8. The first-order valence-electron chi connectivity index (χ1n) is 11.1. The summed E-state index contributed by atoms with van der Waals surface area (Å²) in [5.41, 5.74) is 1.02. The second kappa shape index (κ2) is 9.52. The van der Waals surface area contributed by atoms with Gasteiger partial charge in [-0.1, -0.05) is 11.6 Å². The zero-order valence-electron chi connectivity index (χ0n) is 18.6. The van der Waals surface area contributed by atoms with Crippen molar-refractivity contribution in [3.8, 4) is 17.7 Å². The number of nitrogens with one attached hydrogen (secondary N) is 1. The zero-order chi connectivity index (χ0) is 23.7. The Balaban J connectivity index is 1.33. The molecule has 2 aliphatic heterocycles. The van der Waals surface area contributed by atoms with Gasteiger partial charge in [-0.25, -0.2) is 9.78 Å². The molecule has 34 heavy (non-hydrogen) atoms. The second-order valence-electron chi connectivity index (χ2n) is 8.62. The Hall–Kier alpha value is -3.29. The molecule has 0 spiro atoms. The van der Waals surface area contributed by atoms with Gasteiger partial charge in [-0.15, -0.1) is 0 Å². The molecule has 2 unspecified atom stereocenters. The number of ether oxygens (including phenoxy) is 4. The lowest BCUT2D eigenvalue weighted by molar-refractivity contribution is -0.110. The van der Waals surface area contributed by atoms with Crippen LogP contribution in [0.1, 0.15) is 18.4 Å². The molecular weight excluding hydrogens is 462 g/mol. The number of anilines is 2. The minimum atomic E-state index is -0.261. The number of rotatable bonds is 6. The van der Waals surface area contributed by atoms with Crippen molar-refractivity contribution in [1.29, 1.82) is 5.26 Å². The molecule has 3 fully saturated rings. The van der Waals surface area contributed by atoms with Crippen molar-refractivity contribution in [2.75, 3.05) is 38.7 Å². The van der Waals surface area contributed by atoms with Crippen LogP contribution in [0.15, 0.2) is 24.5 Å². The van der Waals surface area contributed by atoms with Crippen LogP contribution in [-0.2, 0) is 9.47 Å². The number of piperidine rings is 1. The van der Waals surface area contributed by atoms with E-state index < -0.39 is 0 Å². The van der Waals surface area contributed by atoms with E-state index >= 15 is 0 Å². The van der Waals surface area contributed by atoms with Crippen LogP contribution in [0.2, 0.25) is 5.02 Å². The monoisotopic (exact) mass is 485 g/mol. The molecule has 2 bridgehead atoms. The van der Waals surface area contributed by atoms with E-state index in [9.17, 15) is 4.79 Å². The molecule has 1 N–H and O–H groups in total. The van der Waals surface area contributed by atoms with E-state index in [1.807, 2.05) is 0 Å². The van der Waals surface area contributed by atoms with Gasteiger partial charge in [0.2, 0.25) is 5.75 Å². The largest absolute Gasteiger partial charge is 0.489 e. The highest BCUT2D eigenvalue weighted by molar-refractivity contribution is 6.33. The minimum Gasteiger partial charge on any atom is -0.489 e. The third-order valence-electron chi connectivity index (χ3n) is 6.13. The summed E-state index contributed by atoms with van der Waals surface area (Å²) < 4.78 is 23.2. The number of nitriles is 1. The Bertz CT molecular complexity index is 1110. The Morgan fingerprint density at radius 2 is 2.03 bits per heavy atom. The Labute approximate surface area is 201 Å². The van der Waals surface area contributed by atoms with Gasteiger partial charge < -0.3 is 29.2 Å². The van der Waals surface area contributed by atoms with E-state index in [-0.39, 0.29) is 30.1 Å². The van der Waals surface area contributed by atoms with Crippen LogP contribution in [0.4, 0.5) is 16.3 Å². The topological polar surface area (TPSA) is 119 Å². The van der Waals surface area contributed by atoms with Gasteiger partial charge in [-0.3, -0.25) is 0 Å². The molecule has 2 atom stereocenters. The summed E-state index contributed by atoms with van der Waals surface area (Å²) in [6, 6.07) is 6.97. The smallest absolute Gasteiger partial charge is 0.410 e. The molecule has 2 aromatic rings. The van der Waals surface area contributed by atoms with Crippen molar-refractivity contribution in [2.45, 2.75) is 25.0 Å². The van der Waals surface area contributed by atoms with Crippen LogP contribution >= 0.6 is 11.6 Å². The third kappa shape index (κ3) is 4.67. The fourth-order valence-corrected chi connectivity index (χ4v) is 4.53. The van der Waals surface area contributed by atoms with Gasteiger partial charge in [0, 0.05) is 24.9 Å². The first-order valence-corrected chi connectivity index (χ1v) is 11.5. The molecule has 1 aromatic carbocycles. The predicted octanol–water partition coefficient (Wildman–Crippen LogP) is 3.38. The van der Waals surface area contributed by atoms with E-state index in [4.69, 9.17) is 35.8 Å². The van der Waals surface area contributed by atoms with Crippen LogP contribution < -0.4 is 14.8 Å². The number of nitrogens with zero attached hydrogens (tertiary/aromatic N) is 4. The van der Waals surface area contributed by atoms with Gasteiger partial charge in [-0.2, -0.15) is 10.2 Å². The molecule has 3 heterocycles. The molecule has 2 saturated heterocycles. The third-order valence-corrected chi connectivity index (χ3v) is 6.44. The van der Waals surface area contributed by atoms with Crippen molar-refractivity contribution in [3.05, 3.63) is 35.1 Å². The quantitative estimate of drug-likeness (QED) is 0.656. The van der Waals surface area contributed by atoms with Crippen LogP contribution in [0.25, 0.3) is 0 Å². The summed E-state index contributed by atoms with van der Waals surface area (Å²) in [7, 11) is 1.51. The number of hydrogen-bond acceptors (Lipinski definition) is 9. The van der Waals surface area contributed by atoms with Gasteiger partial charge in [0.25, 0.3) is 5.88 Å². The number of amides is 1. The minimum absolute atomic E-state index is 0.0247. The average Bonchev–Trinajstić information content (AvgIpc) is 3.64. The molecular formula is C23H24ClN5O5.